The first-order chi connectivity index (χ1) is 13.7. The molecule has 2 atom stereocenters. The van der Waals surface area contributed by atoms with Gasteiger partial charge in [-0.15, -0.1) is 0 Å². The van der Waals surface area contributed by atoms with Crippen LogP contribution in [0.25, 0.3) is 0 Å². The number of nitrogens with one attached hydrogen (secondary N) is 1. The number of rotatable bonds is 9. The van der Waals surface area contributed by atoms with Crippen molar-refractivity contribution < 1.29 is 19.1 Å². The summed E-state index contributed by atoms with van der Waals surface area (Å²) in [7, 11) is 1.32. The molecule has 1 unspecified atom stereocenters. The Morgan fingerprint density at radius 3 is 2.38 bits per heavy atom. The molecule has 1 aromatic carbocycles. The number of carbonyl (C=O) groups is 3. The maximum Gasteiger partial charge on any atom is 0.328 e. The number of amides is 2. The van der Waals surface area contributed by atoms with Crippen LogP contribution in [0.4, 0.5) is 0 Å². The van der Waals surface area contributed by atoms with Gasteiger partial charge in [-0.1, -0.05) is 52.0 Å². The summed E-state index contributed by atoms with van der Waals surface area (Å²) >= 11 is 0. The lowest BCUT2D eigenvalue weighted by atomic mass is 10.0. The third-order valence-corrected chi connectivity index (χ3v) is 5.40. The predicted molar refractivity (Wildman–Crippen MR) is 112 cm³/mol. The lowest BCUT2D eigenvalue weighted by Gasteiger charge is -2.26. The highest BCUT2D eigenvalue weighted by Crippen LogP contribution is 2.25. The number of benzene rings is 1. The Morgan fingerprint density at radius 2 is 1.83 bits per heavy atom. The van der Waals surface area contributed by atoms with E-state index >= 15 is 0 Å². The molecule has 2 rings (SSSR count). The fraction of sp³-hybridized carbons (Fsp3) is 0.609. The minimum absolute atomic E-state index is 0.0717. The summed E-state index contributed by atoms with van der Waals surface area (Å²) < 4.78 is 4.81. The van der Waals surface area contributed by atoms with Gasteiger partial charge < -0.3 is 15.0 Å². The molecule has 1 N–H and O–H groups in total. The number of hydrogen-bond donors (Lipinski definition) is 1. The molecule has 2 amide bonds. The van der Waals surface area contributed by atoms with Crippen molar-refractivity contribution in [3.05, 3.63) is 35.4 Å². The van der Waals surface area contributed by atoms with E-state index in [0.717, 1.165) is 5.56 Å². The molecule has 0 spiro atoms. The number of ether oxygens (including phenoxy) is 1. The molecule has 0 radical (unpaired) electrons. The lowest BCUT2D eigenvalue weighted by Crippen LogP contribution is -2.44. The maximum absolute atomic E-state index is 12.6. The molecule has 1 aliphatic rings. The molecule has 0 aromatic heterocycles. The Labute approximate surface area is 174 Å². The number of carbonyl (C=O) groups excluding carboxylic acids is 3. The Balaban J connectivity index is 2.00. The Hall–Kier alpha value is -2.37. The van der Waals surface area contributed by atoms with Gasteiger partial charge >= 0.3 is 5.97 Å². The summed E-state index contributed by atoms with van der Waals surface area (Å²) in [5.41, 5.74) is 2.32. The number of esters is 1. The van der Waals surface area contributed by atoms with Gasteiger partial charge in [0.1, 0.15) is 6.04 Å². The van der Waals surface area contributed by atoms with Gasteiger partial charge in [0, 0.05) is 25.4 Å². The second-order valence-electron chi connectivity index (χ2n) is 8.59. The minimum Gasteiger partial charge on any atom is -0.467 e. The molecule has 1 aliphatic heterocycles. The molecule has 6 heteroatoms. The third kappa shape index (κ3) is 6.58. The standard InChI is InChI=1S/C23H34N2O4/c1-15(2)12-20(23(28)29-5)24-21(26)13-19-10-11-22(27)25(19)14-17-6-8-18(9-7-17)16(3)4/h6-9,15-16,19-20H,10-14H2,1-5H3,(H,24,26)/t19?,20-/m0/s1. The minimum atomic E-state index is -0.651. The molecule has 1 saturated heterocycles. The van der Waals surface area contributed by atoms with E-state index in [9.17, 15) is 14.4 Å². The summed E-state index contributed by atoms with van der Waals surface area (Å²) in [4.78, 5) is 38.7. The fourth-order valence-corrected chi connectivity index (χ4v) is 3.72. The van der Waals surface area contributed by atoms with Gasteiger partial charge in [0.25, 0.3) is 0 Å². The molecule has 1 fully saturated rings. The second kappa shape index (κ2) is 10.4. The number of nitrogens with zero attached hydrogens (tertiary/aromatic N) is 1. The molecular weight excluding hydrogens is 368 g/mol. The first-order valence-electron chi connectivity index (χ1n) is 10.5. The van der Waals surface area contributed by atoms with Crippen molar-refractivity contribution in [3.8, 4) is 0 Å². The van der Waals surface area contributed by atoms with Crippen molar-refractivity contribution in [1.82, 2.24) is 10.2 Å². The van der Waals surface area contributed by atoms with Crippen LogP contribution in [0.2, 0.25) is 0 Å². The summed E-state index contributed by atoms with van der Waals surface area (Å²) in [6.07, 6.45) is 1.83. The average molecular weight is 403 g/mol. The second-order valence-corrected chi connectivity index (χ2v) is 8.59. The van der Waals surface area contributed by atoms with E-state index in [1.165, 1.54) is 12.7 Å². The largest absolute Gasteiger partial charge is 0.467 e. The zero-order valence-corrected chi connectivity index (χ0v) is 18.2. The van der Waals surface area contributed by atoms with E-state index in [4.69, 9.17) is 4.74 Å². The lowest BCUT2D eigenvalue weighted by molar-refractivity contribution is -0.145. The molecule has 1 aromatic rings. The molecule has 29 heavy (non-hydrogen) atoms. The monoisotopic (exact) mass is 402 g/mol. The number of hydrogen-bond acceptors (Lipinski definition) is 4. The van der Waals surface area contributed by atoms with Crippen LogP contribution >= 0.6 is 0 Å². The number of methoxy groups -OCH3 is 1. The first-order valence-corrected chi connectivity index (χ1v) is 10.5. The van der Waals surface area contributed by atoms with Crippen LogP contribution in [0.1, 0.15) is 70.4 Å². The van der Waals surface area contributed by atoms with Crippen LogP contribution < -0.4 is 5.32 Å². The fourth-order valence-electron chi connectivity index (χ4n) is 3.72. The molecular formula is C23H34N2O4. The molecule has 160 valence electrons. The van der Waals surface area contributed by atoms with Gasteiger partial charge in [0.2, 0.25) is 11.8 Å². The van der Waals surface area contributed by atoms with Crippen LogP contribution in [-0.4, -0.2) is 41.9 Å². The van der Waals surface area contributed by atoms with Crippen molar-refractivity contribution in [3.63, 3.8) is 0 Å². The Morgan fingerprint density at radius 1 is 1.17 bits per heavy atom. The van der Waals surface area contributed by atoms with Gasteiger partial charge in [-0.3, -0.25) is 9.59 Å². The predicted octanol–water partition coefficient (Wildman–Crippen LogP) is 3.40. The van der Waals surface area contributed by atoms with E-state index in [-0.39, 0.29) is 30.2 Å². The van der Waals surface area contributed by atoms with Gasteiger partial charge in [0.15, 0.2) is 0 Å². The summed E-state index contributed by atoms with van der Waals surface area (Å²) in [5.74, 6) is 0.125. The molecule has 0 bridgehead atoms. The molecule has 1 heterocycles. The summed E-state index contributed by atoms with van der Waals surface area (Å²) in [6, 6.07) is 7.48. The Bertz CT molecular complexity index is 712. The van der Waals surface area contributed by atoms with E-state index in [0.29, 0.717) is 31.7 Å². The van der Waals surface area contributed by atoms with Crippen LogP contribution in [0.15, 0.2) is 24.3 Å². The topological polar surface area (TPSA) is 75.7 Å². The van der Waals surface area contributed by atoms with Crippen LogP contribution in [0.3, 0.4) is 0 Å². The van der Waals surface area contributed by atoms with Crippen molar-refractivity contribution in [2.75, 3.05) is 7.11 Å². The number of likely N-dealkylation sites (tertiary alicyclic amines) is 1. The Kier molecular flexibility index (Phi) is 8.23. The van der Waals surface area contributed by atoms with Crippen molar-refractivity contribution in [2.24, 2.45) is 5.92 Å². The molecule has 0 aliphatic carbocycles. The van der Waals surface area contributed by atoms with Gasteiger partial charge in [-0.2, -0.15) is 0 Å². The average Bonchev–Trinajstić information content (AvgIpc) is 3.00. The summed E-state index contributed by atoms with van der Waals surface area (Å²) in [5, 5.41) is 2.79. The maximum atomic E-state index is 12.6. The highest BCUT2D eigenvalue weighted by Gasteiger charge is 2.33. The highest BCUT2D eigenvalue weighted by atomic mass is 16.5. The van der Waals surface area contributed by atoms with E-state index < -0.39 is 12.0 Å². The van der Waals surface area contributed by atoms with Gasteiger partial charge in [-0.05, 0) is 35.8 Å². The highest BCUT2D eigenvalue weighted by molar-refractivity contribution is 5.86. The van der Waals surface area contributed by atoms with Crippen molar-refractivity contribution in [1.29, 1.82) is 0 Å². The van der Waals surface area contributed by atoms with Crippen LogP contribution in [0, 0.1) is 5.92 Å². The van der Waals surface area contributed by atoms with Gasteiger partial charge in [0.05, 0.1) is 7.11 Å². The van der Waals surface area contributed by atoms with Crippen molar-refractivity contribution in [2.45, 2.75) is 77.9 Å². The molecule has 6 nitrogen and oxygen atoms in total. The first kappa shape index (κ1) is 22.9. The van der Waals surface area contributed by atoms with Crippen LogP contribution in [-0.2, 0) is 25.7 Å². The molecule has 0 saturated carbocycles. The van der Waals surface area contributed by atoms with E-state index in [1.54, 1.807) is 4.90 Å². The van der Waals surface area contributed by atoms with E-state index in [2.05, 4.69) is 31.3 Å². The van der Waals surface area contributed by atoms with Crippen molar-refractivity contribution >= 4 is 17.8 Å². The van der Waals surface area contributed by atoms with Crippen LogP contribution in [0.5, 0.6) is 0 Å². The van der Waals surface area contributed by atoms with Gasteiger partial charge in [-0.25, -0.2) is 4.79 Å². The summed E-state index contributed by atoms with van der Waals surface area (Å²) in [6.45, 7) is 8.78. The zero-order chi connectivity index (χ0) is 21.6. The SMILES string of the molecule is COC(=O)[C@H](CC(C)C)NC(=O)CC1CCC(=O)N1Cc1ccc(C(C)C)cc1. The zero-order valence-electron chi connectivity index (χ0n) is 18.2. The normalized spacial score (nSPS) is 17.7. The van der Waals surface area contributed by atoms with E-state index in [1.807, 2.05) is 26.0 Å². The third-order valence-electron chi connectivity index (χ3n) is 5.40. The quantitative estimate of drug-likeness (QED) is 0.643. The smallest absolute Gasteiger partial charge is 0.328 e.